The first-order valence-corrected chi connectivity index (χ1v) is 8.28. The van der Waals surface area contributed by atoms with Gasteiger partial charge in [-0.05, 0) is 24.0 Å². The number of nitrogens with one attached hydrogen (secondary N) is 1. The number of likely N-dealkylation sites (N-methyl/N-ethyl adjacent to an activating group) is 1. The maximum absolute atomic E-state index is 11.8. The highest BCUT2D eigenvalue weighted by Crippen LogP contribution is 2.12. The van der Waals surface area contributed by atoms with E-state index in [4.69, 9.17) is 0 Å². The Kier molecular flexibility index (Phi) is 11.0. The van der Waals surface area contributed by atoms with Crippen LogP contribution >= 0.6 is 0 Å². The van der Waals surface area contributed by atoms with Crippen molar-refractivity contribution in [3.63, 3.8) is 0 Å². The van der Waals surface area contributed by atoms with Crippen molar-refractivity contribution in [1.29, 1.82) is 0 Å². The van der Waals surface area contributed by atoms with Gasteiger partial charge in [-0.15, -0.1) is 0 Å². The lowest BCUT2D eigenvalue weighted by Gasteiger charge is -2.22. The Morgan fingerprint density at radius 3 is 2.42 bits per heavy atom. The SMILES string of the molecule is CCCCCC(C=NNC(=O)C[N+](C)(C)C)=Cc1ccccc1.[Cl-]. The highest BCUT2D eigenvalue weighted by molar-refractivity contribution is 5.86. The van der Waals surface area contributed by atoms with Crippen LogP contribution in [0.1, 0.15) is 38.2 Å². The summed E-state index contributed by atoms with van der Waals surface area (Å²) in [5.74, 6) is -0.0682. The van der Waals surface area contributed by atoms with E-state index in [9.17, 15) is 4.79 Å². The van der Waals surface area contributed by atoms with E-state index in [1.165, 1.54) is 12.8 Å². The molecule has 0 spiro atoms. The van der Waals surface area contributed by atoms with Crippen molar-refractivity contribution in [1.82, 2.24) is 5.43 Å². The van der Waals surface area contributed by atoms with Gasteiger partial charge in [0.2, 0.25) is 0 Å². The third-order valence-electron chi connectivity index (χ3n) is 3.26. The Morgan fingerprint density at radius 1 is 1.17 bits per heavy atom. The lowest BCUT2D eigenvalue weighted by atomic mass is 10.1. The van der Waals surface area contributed by atoms with Gasteiger partial charge in [-0.25, -0.2) is 5.43 Å². The van der Waals surface area contributed by atoms with Gasteiger partial charge in [0.05, 0.1) is 27.4 Å². The molecule has 0 saturated heterocycles. The average Bonchev–Trinajstić information content (AvgIpc) is 2.46. The van der Waals surface area contributed by atoms with Gasteiger partial charge in [0.15, 0.2) is 6.54 Å². The molecule has 0 fully saturated rings. The number of nitrogens with zero attached hydrogens (tertiary/aromatic N) is 2. The summed E-state index contributed by atoms with van der Waals surface area (Å²) in [5.41, 5.74) is 4.91. The lowest BCUT2D eigenvalue weighted by Crippen LogP contribution is -3.00. The van der Waals surface area contributed by atoms with E-state index in [1.54, 1.807) is 6.21 Å². The number of hydrogen-bond donors (Lipinski definition) is 1. The maximum atomic E-state index is 11.8. The Hall–Kier alpha value is -1.65. The van der Waals surface area contributed by atoms with Crippen LogP contribution in [-0.4, -0.2) is 44.3 Å². The predicted molar refractivity (Wildman–Crippen MR) is 98.1 cm³/mol. The number of carbonyl (C=O) groups excluding carboxylic acids is 1. The average molecular weight is 352 g/mol. The number of rotatable bonds is 9. The molecule has 1 aromatic carbocycles. The summed E-state index contributed by atoms with van der Waals surface area (Å²) in [4.78, 5) is 11.8. The number of hydrazone groups is 1. The second-order valence-corrected chi connectivity index (χ2v) is 6.83. The van der Waals surface area contributed by atoms with Crippen molar-refractivity contribution in [2.75, 3.05) is 27.7 Å². The highest BCUT2D eigenvalue weighted by atomic mass is 35.5. The molecular weight excluding hydrogens is 322 g/mol. The van der Waals surface area contributed by atoms with E-state index in [0.29, 0.717) is 11.0 Å². The fourth-order valence-electron chi connectivity index (χ4n) is 2.17. The van der Waals surface area contributed by atoms with Crippen molar-refractivity contribution in [3.05, 3.63) is 41.5 Å². The Balaban J connectivity index is 0.00000529. The Bertz CT molecular complexity index is 533. The fraction of sp³-hybridized carbons (Fsp3) is 0.474. The van der Waals surface area contributed by atoms with Gasteiger partial charge in [0, 0.05) is 0 Å². The molecule has 0 heterocycles. The normalized spacial score (nSPS) is 12.1. The van der Waals surface area contributed by atoms with E-state index in [-0.39, 0.29) is 18.3 Å². The zero-order chi connectivity index (χ0) is 17.1. The molecule has 0 atom stereocenters. The minimum atomic E-state index is -0.0682. The monoisotopic (exact) mass is 351 g/mol. The predicted octanol–water partition coefficient (Wildman–Crippen LogP) is 0.463. The third-order valence-corrected chi connectivity index (χ3v) is 3.26. The zero-order valence-corrected chi connectivity index (χ0v) is 16.0. The fourth-order valence-corrected chi connectivity index (χ4v) is 2.17. The van der Waals surface area contributed by atoms with Gasteiger partial charge >= 0.3 is 0 Å². The van der Waals surface area contributed by atoms with E-state index in [0.717, 1.165) is 24.0 Å². The van der Waals surface area contributed by atoms with Crippen molar-refractivity contribution in [2.24, 2.45) is 5.10 Å². The molecule has 24 heavy (non-hydrogen) atoms. The van der Waals surface area contributed by atoms with Gasteiger partial charge in [0.1, 0.15) is 0 Å². The lowest BCUT2D eigenvalue weighted by molar-refractivity contribution is -0.862. The van der Waals surface area contributed by atoms with E-state index >= 15 is 0 Å². The first kappa shape index (κ1) is 22.4. The van der Waals surface area contributed by atoms with Crippen molar-refractivity contribution < 1.29 is 21.7 Å². The van der Waals surface area contributed by atoms with Gasteiger partial charge in [-0.3, -0.25) is 4.79 Å². The first-order chi connectivity index (χ1) is 10.9. The number of quaternary nitrogens is 1. The maximum Gasteiger partial charge on any atom is 0.295 e. The molecule has 1 rings (SSSR count). The van der Waals surface area contributed by atoms with E-state index < -0.39 is 0 Å². The van der Waals surface area contributed by atoms with Crippen LogP contribution in [0.3, 0.4) is 0 Å². The second kappa shape index (κ2) is 11.8. The summed E-state index contributed by atoms with van der Waals surface area (Å²) in [6.07, 6.45) is 8.40. The summed E-state index contributed by atoms with van der Waals surface area (Å²) >= 11 is 0. The topological polar surface area (TPSA) is 41.5 Å². The smallest absolute Gasteiger partial charge is 0.295 e. The van der Waals surface area contributed by atoms with Crippen LogP contribution in [0.15, 0.2) is 41.0 Å². The second-order valence-electron chi connectivity index (χ2n) is 6.83. The molecule has 0 aliphatic heterocycles. The Labute approximate surface area is 152 Å². The standard InChI is InChI=1S/C19H29N3O.ClH/c1-5-6-8-13-18(14-17-11-9-7-10-12-17)15-20-21-19(23)16-22(2,3)4;/h7,9-12,14-15H,5-6,8,13,16H2,1-4H3;1H. The quantitative estimate of drug-likeness (QED) is 0.299. The van der Waals surface area contributed by atoms with Crippen LogP contribution in [0.5, 0.6) is 0 Å². The van der Waals surface area contributed by atoms with Gasteiger partial charge in [0.25, 0.3) is 5.91 Å². The van der Waals surface area contributed by atoms with Crippen LogP contribution in [0.2, 0.25) is 0 Å². The number of carbonyl (C=O) groups is 1. The number of benzene rings is 1. The zero-order valence-electron chi connectivity index (χ0n) is 15.3. The largest absolute Gasteiger partial charge is 1.00 e. The van der Waals surface area contributed by atoms with Gasteiger partial charge in [-0.2, -0.15) is 5.10 Å². The number of halogens is 1. The third kappa shape index (κ3) is 11.0. The number of hydrogen-bond acceptors (Lipinski definition) is 2. The molecule has 0 unspecified atom stereocenters. The summed E-state index contributed by atoms with van der Waals surface area (Å²) in [6, 6.07) is 10.2. The van der Waals surface area contributed by atoms with Crippen LogP contribution in [0.4, 0.5) is 0 Å². The summed E-state index contributed by atoms with van der Waals surface area (Å²) in [6.45, 7) is 2.60. The number of unbranched alkanes of at least 4 members (excludes halogenated alkanes) is 2. The molecular formula is C19H30ClN3O. The molecule has 1 amide bonds. The van der Waals surface area contributed by atoms with Crippen LogP contribution in [0.25, 0.3) is 6.08 Å². The van der Waals surface area contributed by atoms with Crippen molar-refractivity contribution >= 4 is 18.2 Å². The summed E-state index contributed by atoms with van der Waals surface area (Å²) in [7, 11) is 5.94. The molecule has 0 aliphatic carbocycles. The molecule has 0 bridgehead atoms. The Morgan fingerprint density at radius 2 is 1.83 bits per heavy atom. The van der Waals surface area contributed by atoms with E-state index in [1.807, 2.05) is 39.3 Å². The van der Waals surface area contributed by atoms with Gasteiger partial charge < -0.3 is 16.9 Å². The molecule has 5 heteroatoms. The first-order valence-electron chi connectivity index (χ1n) is 8.28. The molecule has 0 aromatic heterocycles. The molecule has 0 aliphatic rings. The minimum absolute atomic E-state index is 0. The molecule has 0 radical (unpaired) electrons. The van der Waals surface area contributed by atoms with Crippen molar-refractivity contribution in [3.8, 4) is 0 Å². The molecule has 1 N–H and O–H groups in total. The highest BCUT2D eigenvalue weighted by Gasteiger charge is 2.13. The van der Waals surface area contributed by atoms with Crippen LogP contribution < -0.4 is 17.8 Å². The minimum Gasteiger partial charge on any atom is -1.00 e. The van der Waals surface area contributed by atoms with Crippen LogP contribution in [-0.2, 0) is 4.79 Å². The molecule has 1 aromatic rings. The van der Waals surface area contributed by atoms with Crippen LogP contribution in [0, 0.1) is 0 Å². The number of allylic oxidation sites excluding steroid dienone is 1. The number of amides is 1. The molecule has 4 nitrogen and oxygen atoms in total. The summed E-state index contributed by atoms with van der Waals surface area (Å²) < 4.78 is 0.588. The molecule has 134 valence electrons. The van der Waals surface area contributed by atoms with E-state index in [2.05, 4.69) is 35.7 Å². The van der Waals surface area contributed by atoms with Gasteiger partial charge in [-0.1, -0.05) is 56.2 Å². The van der Waals surface area contributed by atoms with Crippen molar-refractivity contribution in [2.45, 2.75) is 32.6 Å². The molecule has 0 saturated carbocycles. The summed E-state index contributed by atoms with van der Waals surface area (Å²) in [5, 5.41) is 4.13.